The highest BCUT2D eigenvalue weighted by molar-refractivity contribution is 5.61. The van der Waals surface area contributed by atoms with Crippen LogP contribution in [-0.4, -0.2) is 30.5 Å². The van der Waals surface area contributed by atoms with Crippen molar-refractivity contribution in [2.24, 2.45) is 0 Å². The fraction of sp³-hybridized carbons (Fsp3) is 0.333. The van der Waals surface area contributed by atoms with Crippen LogP contribution >= 0.6 is 0 Å². The minimum Gasteiger partial charge on any atom is -0.493 e. The van der Waals surface area contributed by atoms with Gasteiger partial charge in [0.15, 0.2) is 11.5 Å². The number of hydrogen-bond donors (Lipinski definition) is 1. The summed E-state index contributed by atoms with van der Waals surface area (Å²) < 4.78 is 16.5. The molecule has 5 heteroatoms. The Balaban J connectivity index is 1.67. The molecule has 2 aromatic rings. The summed E-state index contributed by atoms with van der Waals surface area (Å²) in [6, 6.07) is 12.1. The number of benzene rings is 2. The Labute approximate surface area is 135 Å². The molecule has 4 rings (SSSR count). The van der Waals surface area contributed by atoms with Crippen LogP contribution in [0, 0.1) is 0 Å². The van der Waals surface area contributed by atoms with E-state index < -0.39 is 6.10 Å². The van der Waals surface area contributed by atoms with Crippen LogP contribution in [0.5, 0.6) is 17.2 Å². The van der Waals surface area contributed by atoms with E-state index in [0.29, 0.717) is 23.8 Å². The largest absolute Gasteiger partial charge is 0.493 e. The smallest absolute Gasteiger partial charge is 0.231 e. The van der Waals surface area contributed by atoms with Gasteiger partial charge in [-0.25, -0.2) is 0 Å². The quantitative estimate of drug-likeness (QED) is 0.943. The Morgan fingerprint density at radius 1 is 1.22 bits per heavy atom. The van der Waals surface area contributed by atoms with E-state index in [-0.39, 0.29) is 6.79 Å². The molecule has 1 N–H and O–H groups in total. The lowest BCUT2D eigenvalue weighted by atomic mass is 9.95. The van der Waals surface area contributed by atoms with Gasteiger partial charge in [-0.05, 0) is 17.2 Å². The summed E-state index contributed by atoms with van der Waals surface area (Å²) >= 11 is 0. The van der Waals surface area contributed by atoms with Gasteiger partial charge in [0.05, 0.1) is 13.2 Å². The summed E-state index contributed by atoms with van der Waals surface area (Å²) in [7, 11) is 1.60. The van der Waals surface area contributed by atoms with Crippen molar-refractivity contribution in [3.8, 4) is 17.2 Å². The minimum absolute atomic E-state index is 0.191. The van der Waals surface area contributed by atoms with E-state index in [1.807, 2.05) is 24.3 Å². The molecule has 0 bridgehead atoms. The molecule has 1 atom stereocenters. The first-order valence-corrected chi connectivity index (χ1v) is 7.70. The first kappa shape index (κ1) is 14.4. The van der Waals surface area contributed by atoms with Crippen molar-refractivity contribution >= 4 is 0 Å². The van der Waals surface area contributed by atoms with Crippen LogP contribution in [0.2, 0.25) is 0 Å². The maximum Gasteiger partial charge on any atom is 0.231 e. The summed E-state index contributed by atoms with van der Waals surface area (Å²) in [6.07, 6.45) is -0.564. The fourth-order valence-electron chi connectivity index (χ4n) is 3.32. The highest BCUT2D eigenvalue weighted by Gasteiger charge is 2.33. The molecule has 2 aromatic carbocycles. The van der Waals surface area contributed by atoms with Crippen molar-refractivity contribution < 1.29 is 19.3 Å². The topological polar surface area (TPSA) is 51.2 Å². The van der Waals surface area contributed by atoms with Crippen LogP contribution in [0.15, 0.2) is 36.4 Å². The van der Waals surface area contributed by atoms with Crippen molar-refractivity contribution in [3.05, 3.63) is 53.1 Å². The van der Waals surface area contributed by atoms with E-state index in [0.717, 1.165) is 24.2 Å². The average molecular weight is 313 g/mol. The molecule has 0 radical (unpaired) electrons. The predicted molar refractivity (Wildman–Crippen MR) is 84.6 cm³/mol. The van der Waals surface area contributed by atoms with Gasteiger partial charge in [-0.2, -0.15) is 0 Å². The zero-order chi connectivity index (χ0) is 15.8. The Morgan fingerprint density at radius 3 is 2.78 bits per heavy atom. The molecule has 2 aliphatic rings. The van der Waals surface area contributed by atoms with Gasteiger partial charge >= 0.3 is 0 Å². The lowest BCUT2D eigenvalue weighted by molar-refractivity contribution is 0.0862. The lowest BCUT2D eigenvalue weighted by Gasteiger charge is -2.33. The fourth-order valence-corrected chi connectivity index (χ4v) is 3.32. The number of ether oxygens (including phenoxy) is 3. The van der Waals surface area contributed by atoms with Crippen molar-refractivity contribution in [2.75, 3.05) is 20.4 Å². The van der Waals surface area contributed by atoms with E-state index in [4.69, 9.17) is 14.2 Å². The zero-order valence-electron chi connectivity index (χ0n) is 13.0. The number of hydrogen-bond acceptors (Lipinski definition) is 5. The molecule has 0 aromatic heterocycles. The monoisotopic (exact) mass is 313 g/mol. The molecule has 0 fully saturated rings. The van der Waals surface area contributed by atoms with Gasteiger partial charge in [-0.1, -0.05) is 30.3 Å². The maximum atomic E-state index is 10.6. The van der Waals surface area contributed by atoms with E-state index in [2.05, 4.69) is 17.0 Å². The van der Waals surface area contributed by atoms with Crippen LogP contribution in [0.1, 0.15) is 22.8 Å². The van der Waals surface area contributed by atoms with Crippen LogP contribution < -0.4 is 14.2 Å². The first-order chi connectivity index (χ1) is 11.3. The Bertz CT molecular complexity index is 717. The zero-order valence-corrected chi connectivity index (χ0v) is 13.0. The second-order valence-corrected chi connectivity index (χ2v) is 5.88. The summed E-state index contributed by atoms with van der Waals surface area (Å²) in [4.78, 5) is 2.22. The maximum absolute atomic E-state index is 10.6. The molecular formula is C18H19NO4. The van der Waals surface area contributed by atoms with Gasteiger partial charge < -0.3 is 19.3 Å². The molecule has 0 saturated heterocycles. The molecule has 120 valence electrons. The summed E-state index contributed by atoms with van der Waals surface area (Å²) in [5, 5.41) is 10.6. The van der Waals surface area contributed by atoms with Crippen molar-refractivity contribution in [1.29, 1.82) is 0 Å². The Kier molecular flexibility index (Phi) is 3.59. The van der Waals surface area contributed by atoms with Gasteiger partial charge in [0, 0.05) is 25.2 Å². The molecule has 0 amide bonds. The molecule has 2 aliphatic heterocycles. The Hall–Kier alpha value is -2.24. The summed E-state index contributed by atoms with van der Waals surface area (Å²) in [6.45, 7) is 2.29. The highest BCUT2D eigenvalue weighted by Crippen LogP contribution is 2.48. The SMILES string of the molecule is COc1cc2c(c3c1OCO3)CN(Cc1ccccc1)CC2O. The molecular weight excluding hydrogens is 294 g/mol. The van der Waals surface area contributed by atoms with Crippen LogP contribution in [-0.2, 0) is 13.1 Å². The van der Waals surface area contributed by atoms with Gasteiger partial charge in [-0.15, -0.1) is 0 Å². The van der Waals surface area contributed by atoms with Crippen LogP contribution in [0.25, 0.3) is 0 Å². The van der Waals surface area contributed by atoms with E-state index in [9.17, 15) is 5.11 Å². The van der Waals surface area contributed by atoms with Crippen molar-refractivity contribution in [3.63, 3.8) is 0 Å². The number of fused-ring (bicyclic) bond motifs is 3. The minimum atomic E-state index is -0.564. The van der Waals surface area contributed by atoms with Crippen molar-refractivity contribution in [1.82, 2.24) is 4.90 Å². The predicted octanol–water partition coefficient (Wildman–Crippen LogP) is 2.47. The van der Waals surface area contributed by atoms with Gasteiger partial charge in [0.25, 0.3) is 0 Å². The van der Waals surface area contributed by atoms with E-state index >= 15 is 0 Å². The number of aliphatic hydroxyl groups excluding tert-OH is 1. The van der Waals surface area contributed by atoms with Gasteiger partial charge in [0.1, 0.15) is 0 Å². The molecule has 0 saturated carbocycles. The number of aliphatic hydroxyl groups is 1. The first-order valence-electron chi connectivity index (χ1n) is 7.70. The third-order valence-corrected chi connectivity index (χ3v) is 4.39. The van der Waals surface area contributed by atoms with Gasteiger partial charge in [0.2, 0.25) is 12.5 Å². The molecule has 0 aliphatic carbocycles. The highest BCUT2D eigenvalue weighted by atomic mass is 16.7. The van der Waals surface area contributed by atoms with E-state index in [1.54, 1.807) is 7.11 Å². The number of β-amino-alcohol motifs (C(OH)–C–C–N with tert-alkyl or cyclic N) is 1. The molecule has 23 heavy (non-hydrogen) atoms. The second-order valence-electron chi connectivity index (χ2n) is 5.88. The second kappa shape index (κ2) is 5.76. The average Bonchev–Trinajstić information content (AvgIpc) is 3.05. The lowest BCUT2D eigenvalue weighted by Crippen LogP contribution is -2.33. The van der Waals surface area contributed by atoms with E-state index in [1.165, 1.54) is 5.56 Å². The third-order valence-electron chi connectivity index (χ3n) is 4.39. The van der Waals surface area contributed by atoms with Crippen LogP contribution in [0.3, 0.4) is 0 Å². The third kappa shape index (κ3) is 2.52. The Morgan fingerprint density at radius 2 is 2.00 bits per heavy atom. The number of methoxy groups -OCH3 is 1. The summed E-state index contributed by atoms with van der Waals surface area (Å²) in [5.41, 5.74) is 3.09. The van der Waals surface area contributed by atoms with Crippen molar-refractivity contribution in [2.45, 2.75) is 19.2 Å². The molecule has 5 nitrogen and oxygen atoms in total. The van der Waals surface area contributed by atoms with Gasteiger partial charge in [-0.3, -0.25) is 4.90 Å². The van der Waals surface area contributed by atoms with Crippen LogP contribution in [0.4, 0.5) is 0 Å². The number of nitrogens with zero attached hydrogens (tertiary/aromatic N) is 1. The normalized spacial score (nSPS) is 19.5. The summed E-state index contributed by atoms with van der Waals surface area (Å²) in [5.74, 6) is 1.96. The molecule has 0 spiro atoms. The molecule has 1 unspecified atom stereocenters. The molecule has 2 heterocycles. The standard InChI is InChI=1S/C18H19NO4/c1-21-16-7-13-14(17-18(16)23-11-22-17)9-19(10-15(13)20)8-12-5-3-2-4-6-12/h2-7,15,20H,8-11H2,1H3. The number of rotatable bonds is 3.